The topological polar surface area (TPSA) is 76.0 Å². The highest BCUT2D eigenvalue weighted by Gasteiger charge is 2.08. The minimum Gasteiger partial charge on any atom is -0.477 e. The van der Waals surface area contributed by atoms with E-state index in [1.165, 1.54) is 36.5 Å². The number of rotatable bonds is 3. The second-order valence-electron chi connectivity index (χ2n) is 2.96. The van der Waals surface area contributed by atoms with Gasteiger partial charge < -0.3 is 5.11 Å². The van der Waals surface area contributed by atoms with Gasteiger partial charge in [-0.2, -0.15) is 0 Å². The molecule has 0 saturated carbocycles. The van der Waals surface area contributed by atoms with E-state index in [0.29, 0.717) is 14.9 Å². The van der Waals surface area contributed by atoms with Crippen LogP contribution in [0.5, 0.6) is 0 Å². The second kappa shape index (κ2) is 5.11. The first-order valence-corrected chi connectivity index (χ1v) is 5.69. The largest absolute Gasteiger partial charge is 0.477 e. The zero-order valence-electron chi connectivity index (χ0n) is 8.37. The Bertz CT molecular complexity index is 565. The monoisotopic (exact) mass is 267 g/mol. The Balaban J connectivity index is 2.28. The first-order valence-electron chi connectivity index (χ1n) is 4.49. The maximum absolute atomic E-state index is 10.7. The van der Waals surface area contributed by atoms with E-state index < -0.39 is 5.97 Å². The van der Waals surface area contributed by atoms with Gasteiger partial charge in [0.1, 0.15) is 17.0 Å². The number of aromatic nitrogens is 3. The highest BCUT2D eigenvalue weighted by atomic mass is 35.5. The molecule has 7 heteroatoms. The van der Waals surface area contributed by atoms with Crippen LogP contribution in [-0.4, -0.2) is 26.0 Å². The molecule has 86 valence electrons. The molecule has 2 aromatic rings. The first-order chi connectivity index (χ1) is 8.16. The van der Waals surface area contributed by atoms with Crippen LogP contribution < -0.4 is 0 Å². The van der Waals surface area contributed by atoms with Crippen LogP contribution in [0, 0.1) is 0 Å². The van der Waals surface area contributed by atoms with Crippen molar-refractivity contribution in [3.05, 3.63) is 41.6 Å². The van der Waals surface area contributed by atoms with Gasteiger partial charge in [0, 0.05) is 11.1 Å². The van der Waals surface area contributed by atoms with Crippen LogP contribution in [0.15, 0.2) is 40.8 Å². The summed E-state index contributed by atoms with van der Waals surface area (Å²) in [4.78, 5) is 22.9. The van der Waals surface area contributed by atoms with Crippen LogP contribution in [0.4, 0.5) is 0 Å². The van der Waals surface area contributed by atoms with Gasteiger partial charge in [0.25, 0.3) is 0 Å². The minimum atomic E-state index is -1.07. The number of nitrogens with zero attached hydrogens (tertiary/aromatic N) is 3. The van der Waals surface area contributed by atoms with Crippen molar-refractivity contribution in [3.8, 4) is 0 Å². The molecule has 2 rings (SSSR count). The van der Waals surface area contributed by atoms with Gasteiger partial charge >= 0.3 is 5.97 Å². The third-order valence-electron chi connectivity index (χ3n) is 1.80. The van der Waals surface area contributed by atoms with Gasteiger partial charge in [-0.1, -0.05) is 23.4 Å². The molecule has 0 amide bonds. The Kier molecular flexibility index (Phi) is 3.55. The number of carboxylic acids is 1. The van der Waals surface area contributed by atoms with Gasteiger partial charge in [0.2, 0.25) is 0 Å². The van der Waals surface area contributed by atoms with Crippen LogP contribution in [0.25, 0.3) is 0 Å². The van der Waals surface area contributed by atoms with Crippen molar-refractivity contribution < 1.29 is 9.90 Å². The molecule has 0 unspecified atom stereocenters. The molecule has 0 bridgehead atoms. The first kappa shape index (κ1) is 11.8. The van der Waals surface area contributed by atoms with E-state index >= 15 is 0 Å². The number of hydrogen-bond donors (Lipinski definition) is 1. The van der Waals surface area contributed by atoms with Crippen LogP contribution >= 0.6 is 23.4 Å². The molecule has 0 fully saturated rings. The fourth-order valence-corrected chi connectivity index (χ4v) is 2.07. The summed E-state index contributed by atoms with van der Waals surface area (Å²) < 4.78 is 0. The maximum Gasteiger partial charge on any atom is 0.354 e. The number of pyridine rings is 1. The molecule has 1 N–H and O–H groups in total. The van der Waals surface area contributed by atoms with Gasteiger partial charge in [-0.25, -0.2) is 19.7 Å². The Morgan fingerprint density at radius 1 is 1.41 bits per heavy atom. The van der Waals surface area contributed by atoms with Crippen molar-refractivity contribution >= 4 is 29.3 Å². The Morgan fingerprint density at radius 2 is 2.24 bits per heavy atom. The SMILES string of the molecule is O=C(O)c1cc(Sc2ncncc2Cl)ccn1. The van der Waals surface area contributed by atoms with E-state index in [1.807, 2.05) is 0 Å². The molecule has 0 aliphatic carbocycles. The highest BCUT2D eigenvalue weighted by Crippen LogP contribution is 2.30. The molecule has 0 aliphatic heterocycles. The van der Waals surface area contributed by atoms with E-state index in [-0.39, 0.29) is 5.69 Å². The molecule has 0 aliphatic rings. The normalized spacial score (nSPS) is 10.2. The van der Waals surface area contributed by atoms with E-state index in [2.05, 4.69) is 15.0 Å². The predicted molar refractivity (Wildman–Crippen MR) is 62.4 cm³/mol. The predicted octanol–water partition coefficient (Wildman–Crippen LogP) is 2.37. The van der Waals surface area contributed by atoms with Crippen LogP contribution in [0.3, 0.4) is 0 Å². The summed E-state index contributed by atoms with van der Waals surface area (Å²) in [6.45, 7) is 0. The molecule has 0 spiro atoms. The number of carbonyl (C=O) groups is 1. The van der Waals surface area contributed by atoms with Gasteiger partial charge in [-0.05, 0) is 12.1 Å². The fourth-order valence-electron chi connectivity index (χ4n) is 1.08. The van der Waals surface area contributed by atoms with Gasteiger partial charge in [0.05, 0.1) is 11.2 Å². The molecule has 2 heterocycles. The van der Waals surface area contributed by atoms with E-state index in [9.17, 15) is 4.79 Å². The second-order valence-corrected chi connectivity index (χ2v) is 4.43. The van der Waals surface area contributed by atoms with Crippen molar-refractivity contribution in [1.29, 1.82) is 0 Å². The molecule has 0 atom stereocenters. The lowest BCUT2D eigenvalue weighted by Crippen LogP contribution is -1.99. The van der Waals surface area contributed by atoms with Gasteiger partial charge in [0.15, 0.2) is 0 Å². The Hall–Kier alpha value is -1.66. The Labute approximate surface area is 106 Å². The summed E-state index contributed by atoms with van der Waals surface area (Å²) >= 11 is 7.16. The number of aromatic carboxylic acids is 1. The molecule has 5 nitrogen and oxygen atoms in total. The minimum absolute atomic E-state index is 0.0137. The fraction of sp³-hybridized carbons (Fsp3) is 0. The van der Waals surface area contributed by atoms with Crippen LogP contribution in [0.2, 0.25) is 5.02 Å². The molecular formula is C10H6ClN3O2S. The Morgan fingerprint density at radius 3 is 2.94 bits per heavy atom. The lowest BCUT2D eigenvalue weighted by atomic mass is 10.3. The van der Waals surface area contributed by atoms with Crippen molar-refractivity contribution in [3.63, 3.8) is 0 Å². The average Bonchev–Trinajstić information content (AvgIpc) is 2.32. The van der Waals surface area contributed by atoms with E-state index in [1.54, 1.807) is 6.07 Å². The smallest absolute Gasteiger partial charge is 0.354 e. The number of hydrogen-bond acceptors (Lipinski definition) is 5. The highest BCUT2D eigenvalue weighted by molar-refractivity contribution is 7.99. The summed E-state index contributed by atoms with van der Waals surface area (Å²) in [5.74, 6) is -1.07. The summed E-state index contributed by atoms with van der Waals surface area (Å²) in [6.07, 6.45) is 4.30. The molecule has 0 aromatic carbocycles. The van der Waals surface area contributed by atoms with E-state index in [0.717, 1.165) is 0 Å². The average molecular weight is 268 g/mol. The zero-order valence-corrected chi connectivity index (χ0v) is 9.94. The van der Waals surface area contributed by atoms with Crippen molar-refractivity contribution in [1.82, 2.24) is 15.0 Å². The summed E-state index contributed by atoms with van der Waals surface area (Å²) in [5, 5.41) is 9.80. The summed E-state index contributed by atoms with van der Waals surface area (Å²) in [7, 11) is 0. The lowest BCUT2D eigenvalue weighted by molar-refractivity contribution is 0.0690. The zero-order chi connectivity index (χ0) is 12.3. The lowest BCUT2D eigenvalue weighted by Gasteiger charge is -2.02. The third kappa shape index (κ3) is 2.92. The molecule has 17 heavy (non-hydrogen) atoms. The van der Waals surface area contributed by atoms with Gasteiger partial charge in [-0.3, -0.25) is 0 Å². The van der Waals surface area contributed by atoms with Crippen molar-refractivity contribution in [2.24, 2.45) is 0 Å². The molecule has 2 aromatic heterocycles. The van der Waals surface area contributed by atoms with E-state index in [4.69, 9.17) is 16.7 Å². The van der Waals surface area contributed by atoms with Crippen molar-refractivity contribution in [2.45, 2.75) is 9.92 Å². The summed E-state index contributed by atoms with van der Waals surface area (Å²) in [5.41, 5.74) is -0.0137. The third-order valence-corrected chi connectivity index (χ3v) is 3.20. The quantitative estimate of drug-likeness (QED) is 0.861. The maximum atomic E-state index is 10.7. The number of halogens is 1. The molecule has 0 saturated heterocycles. The van der Waals surface area contributed by atoms with Gasteiger partial charge in [-0.15, -0.1) is 0 Å². The van der Waals surface area contributed by atoms with Crippen molar-refractivity contribution in [2.75, 3.05) is 0 Å². The summed E-state index contributed by atoms with van der Waals surface area (Å²) in [6, 6.07) is 3.15. The number of carboxylic acid groups (broad SMARTS) is 1. The van der Waals surface area contributed by atoms with Crippen LogP contribution in [-0.2, 0) is 0 Å². The van der Waals surface area contributed by atoms with Crippen LogP contribution in [0.1, 0.15) is 10.5 Å². The standard InChI is InChI=1S/C10H6ClN3O2S/c11-7-4-12-5-14-9(7)17-6-1-2-13-8(3-6)10(15)16/h1-5H,(H,15,16). The molecule has 0 radical (unpaired) electrons. The molecular weight excluding hydrogens is 262 g/mol.